The molecule has 0 aromatic carbocycles. The first-order valence-corrected chi connectivity index (χ1v) is 9.92. The smallest absolute Gasteiger partial charge is 0.378 e. The molecule has 0 aliphatic heterocycles. The van der Waals surface area contributed by atoms with E-state index in [1.165, 1.54) is 0 Å². The van der Waals surface area contributed by atoms with Gasteiger partial charge in [0.25, 0.3) is 0 Å². The molecule has 0 atom stereocenters. The molecule has 0 spiro atoms. The summed E-state index contributed by atoms with van der Waals surface area (Å²) >= 11 is 0. The average molecular weight is 290 g/mol. The van der Waals surface area contributed by atoms with Crippen molar-refractivity contribution in [3.63, 3.8) is 0 Å². The van der Waals surface area contributed by atoms with Gasteiger partial charge in [0.2, 0.25) is 0 Å². The summed E-state index contributed by atoms with van der Waals surface area (Å²) < 4.78 is 12.7. The summed E-state index contributed by atoms with van der Waals surface area (Å²) in [6.07, 6.45) is 1.96. The topological polar surface area (TPSA) is 30.5 Å². The molecular formula is C15H35NO2Si. The maximum Gasteiger partial charge on any atom is 0.422 e. The van der Waals surface area contributed by atoms with E-state index in [1.54, 1.807) is 0 Å². The lowest BCUT2D eigenvalue weighted by Gasteiger charge is -2.41. The summed E-state index contributed by atoms with van der Waals surface area (Å²) in [5.41, 5.74) is -0.288. The summed E-state index contributed by atoms with van der Waals surface area (Å²) in [5, 5.41) is 0. The van der Waals surface area contributed by atoms with E-state index < -0.39 is 8.72 Å². The largest absolute Gasteiger partial charge is 0.422 e. The zero-order chi connectivity index (χ0) is 15.3. The normalized spacial score (nSPS) is 14.2. The molecule has 116 valence electrons. The van der Waals surface area contributed by atoms with Crippen LogP contribution in [0.25, 0.3) is 0 Å². The van der Waals surface area contributed by atoms with Crippen molar-refractivity contribution in [3.05, 3.63) is 0 Å². The van der Waals surface area contributed by atoms with Crippen LogP contribution in [0.2, 0.25) is 6.55 Å². The third-order valence-electron chi connectivity index (χ3n) is 3.48. The van der Waals surface area contributed by atoms with Crippen molar-refractivity contribution >= 4 is 8.72 Å². The summed E-state index contributed by atoms with van der Waals surface area (Å²) in [6.45, 7) is 20.3. The Morgan fingerprint density at radius 1 is 0.947 bits per heavy atom. The minimum Gasteiger partial charge on any atom is -0.378 e. The van der Waals surface area contributed by atoms with Crippen LogP contribution in [-0.2, 0) is 8.85 Å². The van der Waals surface area contributed by atoms with E-state index in [1.807, 2.05) is 0 Å². The highest BCUT2D eigenvalue weighted by Gasteiger charge is 2.41. The van der Waals surface area contributed by atoms with Crippen molar-refractivity contribution in [1.82, 2.24) is 4.98 Å². The lowest BCUT2D eigenvalue weighted by atomic mass is 10.1. The molecule has 0 aliphatic carbocycles. The molecule has 0 unspecified atom stereocenters. The number of nitrogens with one attached hydrogen (secondary N) is 1. The Bertz CT molecular complexity index is 247. The SMILES string of the molecule is CCC(C)(C)O[Si](C)(NCC(C)C)OC(C)(C)CC. The van der Waals surface area contributed by atoms with Crippen LogP contribution in [0, 0.1) is 5.92 Å². The Hall–Kier alpha value is 0.0969. The minimum atomic E-state index is -2.37. The van der Waals surface area contributed by atoms with Gasteiger partial charge in [-0.25, -0.2) is 0 Å². The van der Waals surface area contributed by atoms with Gasteiger partial charge in [-0.15, -0.1) is 0 Å². The fourth-order valence-corrected chi connectivity index (χ4v) is 5.04. The van der Waals surface area contributed by atoms with Gasteiger partial charge >= 0.3 is 8.72 Å². The second kappa shape index (κ2) is 7.20. The lowest BCUT2D eigenvalue weighted by Crippen LogP contribution is -2.61. The van der Waals surface area contributed by atoms with Crippen LogP contribution in [0.15, 0.2) is 0 Å². The summed E-state index contributed by atoms with van der Waals surface area (Å²) in [5.74, 6) is 0.591. The molecule has 19 heavy (non-hydrogen) atoms. The van der Waals surface area contributed by atoms with E-state index in [4.69, 9.17) is 8.85 Å². The standard InChI is InChI=1S/C15H35NO2Si/c1-10-14(5,6)17-19(9,16-12-13(3)4)18-15(7,8)11-2/h13,16H,10-12H2,1-9H3. The Morgan fingerprint density at radius 2 is 1.32 bits per heavy atom. The molecule has 3 nitrogen and oxygen atoms in total. The van der Waals surface area contributed by atoms with Crippen LogP contribution in [0.5, 0.6) is 0 Å². The van der Waals surface area contributed by atoms with Gasteiger partial charge in [-0.3, -0.25) is 4.98 Å². The summed E-state index contributed by atoms with van der Waals surface area (Å²) in [4.78, 5) is 3.57. The molecule has 0 saturated heterocycles. The molecule has 0 aromatic rings. The van der Waals surface area contributed by atoms with Crippen LogP contribution in [0.4, 0.5) is 0 Å². The molecular weight excluding hydrogens is 254 g/mol. The van der Waals surface area contributed by atoms with E-state index in [-0.39, 0.29) is 11.2 Å². The lowest BCUT2D eigenvalue weighted by molar-refractivity contribution is -0.00787. The molecule has 4 heteroatoms. The molecule has 0 aliphatic rings. The van der Waals surface area contributed by atoms with Gasteiger partial charge in [-0.1, -0.05) is 27.7 Å². The van der Waals surface area contributed by atoms with Crippen LogP contribution in [0.1, 0.15) is 68.2 Å². The van der Waals surface area contributed by atoms with Crippen LogP contribution < -0.4 is 4.98 Å². The molecule has 0 amide bonds. The van der Waals surface area contributed by atoms with E-state index in [9.17, 15) is 0 Å². The molecule has 0 bridgehead atoms. The van der Waals surface area contributed by atoms with Crippen LogP contribution >= 0.6 is 0 Å². The zero-order valence-electron chi connectivity index (χ0n) is 14.5. The Morgan fingerprint density at radius 3 is 1.58 bits per heavy atom. The van der Waals surface area contributed by atoms with E-state index in [0.717, 1.165) is 19.4 Å². The van der Waals surface area contributed by atoms with Crippen molar-refractivity contribution in [1.29, 1.82) is 0 Å². The zero-order valence-corrected chi connectivity index (χ0v) is 15.5. The van der Waals surface area contributed by atoms with Gasteiger partial charge in [0, 0.05) is 0 Å². The fraction of sp³-hybridized carbons (Fsp3) is 1.00. The van der Waals surface area contributed by atoms with Crippen LogP contribution in [-0.4, -0.2) is 26.5 Å². The van der Waals surface area contributed by atoms with Gasteiger partial charge in [0.1, 0.15) is 0 Å². The maximum atomic E-state index is 6.37. The molecule has 0 heterocycles. The van der Waals surface area contributed by atoms with Gasteiger partial charge in [-0.2, -0.15) is 0 Å². The van der Waals surface area contributed by atoms with Crippen molar-refractivity contribution < 1.29 is 8.85 Å². The van der Waals surface area contributed by atoms with E-state index in [2.05, 4.69) is 66.9 Å². The molecule has 0 saturated carbocycles. The van der Waals surface area contributed by atoms with Crippen molar-refractivity contribution in [2.75, 3.05) is 6.54 Å². The highest BCUT2D eigenvalue weighted by molar-refractivity contribution is 6.63. The van der Waals surface area contributed by atoms with Crippen LogP contribution in [0.3, 0.4) is 0 Å². The number of hydrogen-bond donors (Lipinski definition) is 1. The first kappa shape index (κ1) is 19.1. The average Bonchev–Trinajstić information content (AvgIpc) is 2.25. The second-order valence-corrected chi connectivity index (χ2v) is 9.80. The van der Waals surface area contributed by atoms with Crippen molar-refractivity contribution in [2.24, 2.45) is 5.92 Å². The maximum absolute atomic E-state index is 6.37. The van der Waals surface area contributed by atoms with Gasteiger partial charge in [0.15, 0.2) is 0 Å². The molecule has 0 fully saturated rings. The molecule has 0 rings (SSSR count). The third kappa shape index (κ3) is 8.08. The first-order chi connectivity index (χ1) is 8.45. The second-order valence-electron chi connectivity index (χ2n) is 7.15. The molecule has 0 radical (unpaired) electrons. The Balaban J connectivity index is 4.91. The summed E-state index contributed by atoms with van der Waals surface area (Å²) in [6, 6.07) is 0. The first-order valence-electron chi connectivity index (χ1n) is 7.60. The van der Waals surface area contributed by atoms with E-state index >= 15 is 0 Å². The van der Waals surface area contributed by atoms with Crippen molar-refractivity contribution in [3.8, 4) is 0 Å². The quantitative estimate of drug-likeness (QED) is 0.645. The highest BCUT2D eigenvalue weighted by Crippen LogP contribution is 2.25. The summed E-state index contributed by atoms with van der Waals surface area (Å²) in [7, 11) is -2.37. The predicted molar refractivity (Wildman–Crippen MR) is 85.4 cm³/mol. The molecule has 0 aromatic heterocycles. The van der Waals surface area contributed by atoms with Crippen molar-refractivity contribution in [2.45, 2.75) is 86.0 Å². The third-order valence-corrected chi connectivity index (χ3v) is 6.21. The van der Waals surface area contributed by atoms with Gasteiger partial charge < -0.3 is 8.85 Å². The molecule has 1 N–H and O–H groups in total. The fourth-order valence-electron chi connectivity index (χ4n) is 1.68. The number of hydrogen-bond acceptors (Lipinski definition) is 3. The minimum absolute atomic E-state index is 0.144. The number of rotatable bonds is 9. The van der Waals surface area contributed by atoms with E-state index in [0.29, 0.717) is 5.92 Å². The van der Waals surface area contributed by atoms with Gasteiger partial charge in [-0.05, 0) is 59.5 Å². The Labute approximate surface area is 121 Å². The highest BCUT2D eigenvalue weighted by atomic mass is 28.4. The Kier molecular flexibility index (Phi) is 7.24. The van der Waals surface area contributed by atoms with Gasteiger partial charge in [0.05, 0.1) is 11.2 Å². The predicted octanol–water partition coefficient (Wildman–Crippen LogP) is 4.21. The monoisotopic (exact) mass is 289 g/mol.